The van der Waals surface area contributed by atoms with Crippen molar-refractivity contribution in [1.82, 2.24) is 48.9 Å². The van der Waals surface area contributed by atoms with Crippen LogP contribution in [0.2, 0.25) is 0 Å². The average Bonchev–Trinajstić information content (AvgIpc) is 3.79. The van der Waals surface area contributed by atoms with Crippen molar-refractivity contribution in [2.75, 3.05) is 13.2 Å². The second-order valence-electron chi connectivity index (χ2n) is 19.0. The standard InChI is InChI=1S/C49H48F2N10O5/c1-25-18-32(19-26(2)41(25)50)60-43(33-12-15-52-61(44(33)62)38-11-10-37-34(42(38)51)24-53-57(37)7)40-28(4)58(16-13-35(40)55-60)45(63)39-21-31-20-29(30-14-17-65-48(5,6)23-30)8-9-36(31)59(39)49(22-27(49)3)46-54-47(64)66-56-46/h8-12,15,18-21,24,27-28,30H,13-14,16-17,22-23H2,1-7H3,(H,54,56,64)/t27-,28-,30-,49-/m0/s1. The predicted molar refractivity (Wildman–Crippen MR) is 241 cm³/mol. The number of aromatic amines is 1. The number of benzene rings is 3. The molecule has 0 bridgehead atoms. The molecule has 1 aliphatic carbocycles. The van der Waals surface area contributed by atoms with Gasteiger partial charge in [-0.2, -0.15) is 20.0 Å². The van der Waals surface area contributed by atoms with Gasteiger partial charge in [0.1, 0.15) is 22.7 Å². The zero-order valence-corrected chi connectivity index (χ0v) is 37.6. The fraction of sp³-hybridized carbons (Fsp3) is 0.367. The molecule has 0 radical (unpaired) electrons. The number of nitrogens with one attached hydrogen (secondary N) is 1. The number of hydrogen-bond acceptors (Lipinski definition) is 9. The third-order valence-electron chi connectivity index (χ3n) is 14.3. The van der Waals surface area contributed by atoms with Gasteiger partial charge in [0.05, 0.1) is 51.4 Å². The Hall–Kier alpha value is -7.01. The van der Waals surface area contributed by atoms with Crippen LogP contribution in [0.4, 0.5) is 8.78 Å². The van der Waals surface area contributed by atoms with E-state index in [2.05, 4.69) is 59.3 Å². The lowest BCUT2D eigenvalue weighted by Gasteiger charge is -2.35. The lowest BCUT2D eigenvalue weighted by Crippen LogP contribution is -2.41. The van der Waals surface area contributed by atoms with Crippen LogP contribution in [0.5, 0.6) is 0 Å². The molecule has 338 valence electrons. The number of hydrogen-bond donors (Lipinski definition) is 1. The molecule has 17 heteroatoms. The van der Waals surface area contributed by atoms with Gasteiger partial charge in [0, 0.05) is 49.3 Å². The van der Waals surface area contributed by atoms with Gasteiger partial charge in [-0.25, -0.2) is 18.3 Å². The van der Waals surface area contributed by atoms with E-state index in [0.29, 0.717) is 70.2 Å². The van der Waals surface area contributed by atoms with E-state index in [-0.39, 0.29) is 52.3 Å². The number of nitrogens with zero attached hydrogens (tertiary/aromatic N) is 9. The van der Waals surface area contributed by atoms with Crippen LogP contribution in [0.25, 0.3) is 44.4 Å². The molecule has 2 aliphatic heterocycles. The van der Waals surface area contributed by atoms with E-state index >= 15 is 13.6 Å². The summed E-state index contributed by atoms with van der Waals surface area (Å²) in [6.45, 7) is 12.5. The van der Waals surface area contributed by atoms with Crippen molar-refractivity contribution in [2.45, 2.75) is 90.3 Å². The minimum Gasteiger partial charge on any atom is -0.376 e. The molecule has 4 atom stereocenters. The lowest BCUT2D eigenvalue weighted by molar-refractivity contribution is -0.0592. The minimum atomic E-state index is -0.865. The molecule has 0 unspecified atom stereocenters. The Bertz CT molecular complexity index is 3420. The fourth-order valence-corrected chi connectivity index (χ4v) is 10.9. The predicted octanol–water partition coefficient (Wildman–Crippen LogP) is 7.71. The Balaban J connectivity index is 1.07. The molecular formula is C49H48F2N10O5. The van der Waals surface area contributed by atoms with Crippen molar-refractivity contribution >= 4 is 27.7 Å². The maximum atomic E-state index is 16.2. The van der Waals surface area contributed by atoms with E-state index in [1.165, 1.54) is 18.5 Å². The Labute approximate surface area is 376 Å². The zero-order valence-electron chi connectivity index (χ0n) is 37.6. The lowest BCUT2D eigenvalue weighted by atomic mass is 9.83. The first-order valence-corrected chi connectivity index (χ1v) is 22.3. The molecule has 7 heterocycles. The summed E-state index contributed by atoms with van der Waals surface area (Å²) in [7, 11) is 1.71. The van der Waals surface area contributed by atoms with Crippen LogP contribution in [-0.2, 0) is 23.7 Å². The molecule has 8 aromatic rings. The maximum Gasteiger partial charge on any atom is 0.438 e. The molecule has 3 aliphatic rings. The van der Waals surface area contributed by atoms with Gasteiger partial charge in [-0.15, -0.1) is 0 Å². The summed E-state index contributed by atoms with van der Waals surface area (Å²) in [6, 6.07) is 15.7. The van der Waals surface area contributed by atoms with Crippen LogP contribution < -0.4 is 11.3 Å². The molecule has 1 saturated heterocycles. The molecule has 3 aromatic carbocycles. The van der Waals surface area contributed by atoms with Crippen LogP contribution in [0.3, 0.4) is 0 Å². The second kappa shape index (κ2) is 14.8. The highest BCUT2D eigenvalue weighted by atomic mass is 19.1. The van der Waals surface area contributed by atoms with E-state index in [1.54, 1.807) is 59.4 Å². The average molecular weight is 895 g/mol. The summed E-state index contributed by atoms with van der Waals surface area (Å²) in [6.07, 6.45) is 5.50. The highest BCUT2D eigenvalue weighted by molar-refractivity contribution is 6.00. The number of fused-ring (bicyclic) bond motifs is 3. The second-order valence-corrected chi connectivity index (χ2v) is 19.0. The van der Waals surface area contributed by atoms with Crippen molar-refractivity contribution < 1.29 is 22.8 Å². The summed E-state index contributed by atoms with van der Waals surface area (Å²) in [5.74, 6) is -1.36. The molecule has 66 heavy (non-hydrogen) atoms. The smallest absolute Gasteiger partial charge is 0.376 e. The largest absolute Gasteiger partial charge is 0.438 e. The third-order valence-corrected chi connectivity index (χ3v) is 14.3. The van der Waals surface area contributed by atoms with Gasteiger partial charge in [-0.05, 0) is 131 Å². The highest BCUT2D eigenvalue weighted by Crippen LogP contribution is 2.56. The molecule has 0 spiro atoms. The Morgan fingerprint density at radius 1 is 0.924 bits per heavy atom. The molecule has 5 aromatic heterocycles. The number of aromatic nitrogens is 9. The summed E-state index contributed by atoms with van der Waals surface area (Å²) < 4.78 is 48.7. The molecular weight excluding hydrogens is 847 g/mol. The molecule has 2 fully saturated rings. The van der Waals surface area contributed by atoms with Gasteiger partial charge in [0.25, 0.3) is 11.5 Å². The number of amides is 1. The summed E-state index contributed by atoms with van der Waals surface area (Å²) in [5.41, 5.74) is 4.22. The van der Waals surface area contributed by atoms with Gasteiger partial charge < -0.3 is 14.2 Å². The van der Waals surface area contributed by atoms with Gasteiger partial charge in [-0.3, -0.25) is 23.8 Å². The Morgan fingerprint density at radius 2 is 1.68 bits per heavy atom. The van der Waals surface area contributed by atoms with Gasteiger partial charge in [0.15, 0.2) is 11.6 Å². The number of H-pyrrole nitrogens is 1. The van der Waals surface area contributed by atoms with Crippen molar-refractivity contribution in [3.05, 3.63) is 139 Å². The normalized spacial score (nSPS) is 21.5. The van der Waals surface area contributed by atoms with E-state index in [0.717, 1.165) is 34.0 Å². The van der Waals surface area contributed by atoms with E-state index in [1.807, 2.05) is 17.6 Å². The van der Waals surface area contributed by atoms with Crippen LogP contribution in [0.1, 0.15) is 103 Å². The van der Waals surface area contributed by atoms with Crippen LogP contribution in [0.15, 0.2) is 81.1 Å². The molecule has 1 amide bonds. The van der Waals surface area contributed by atoms with Crippen molar-refractivity contribution in [1.29, 1.82) is 0 Å². The summed E-state index contributed by atoms with van der Waals surface area (Å²) in [5, 5.41) is 18.9. The molecule has 1 saturated carbocycles. The number of carbonyl (C=O) groups is 1. The summed E-state index contributed by atoms with van der Waals surface area (Å²) >= 11 is 0. The highest BCUT2D eigenvalue weighted by Gasteiger charge is 2.59. The van der Waals surface area contributed by atoms with E-state index < -0.39 is 28.7 Å². The minimum absolute atomic E-state index is 0.00762. The van der Waals surface area contributed by atoms with Gasteiger partial charge in [-0.1, -0.05) is 18.1 Å². The van der Waals surface area contributed by atoms with Gasteiger partial charge in [0.2, 0.25) is 0 Å². The number of carbonyl (C=O) groups excluding carboxylic acids is 1. The van der Waals surface area contributed by atoms with Crippen LogP contribution in [0, 0.1) is 31.4 Å². The maximum absolute atomic E-state index is 16.2. The number of aryl methyl sites for hydroxylation is 3. The molecule has 11 rings (SSSR count). The third kappa shape index (κ3) is 6.26. The van der Waals surface area contributed by atoms with Crippen LogP contribution in [-0.4, -0.2) is 73.6 Å². The SMILES string of the molecule is Cc1cc(-n2nc3c(c2-c2ccnn(-c4ccc5c(cnn5C)c4F)c2=O)[C@H](C)N(C(=O)c2cc4cc([C@H]5CCOC(C)(C)C5)ccc4n2[C@@]2(c4noc(=O)[nH]4)C[C@@H]2C)CC3)cc(C)c1F. The number of rotatable bonds is 7. The first kappa shape index (κ1) is 41.7. The quantitative estimate of drug-likeness (QED) is 0.169. The van der Waals surface area contributed by atoms with Crippen molar-refractivity contribution in [3.63, 3.8) is 0 Å². The molecule has 15 nitrogen and oxygen atoms in total. The first-order chi connectivity index (χ1) is 31.6. The topological polar surface area (TPSA) is 164 Å². The fourth-order valence-electron chi connectivity index (χ4n) is 10.9. The first-order valence-electron chi connectivity index (χ1n) is 22.3. The monoisotopic (exact) mass is 894 g/mol. The van der Waals surface area contributed by atoms with Crippen molar-refractivity contribution in [2.24, 2.45) is 13.0 Å². The van der Waals surface area contributed by atoms with Gasteiger partial charge >= 0.3 is 5.76 Å². The Morgan fingerprint density at radius 3 is 2.39 bits per heavy atom. The number of halogens is 2. The molecule has 1 N–H and O–H groups in total. The van der Waals surface area contributed by atoms with E-state index in [9.17, 15) is 9.59 Å². The Kier molecular flexibility index (Phi) is 9.32. The van der Waals surface area contributed by atoms with E-state index in [4.69, 9.17) is 14.4 Å². The summed E-state index contributed by atoms with van der Waals surface area (Å²) in [4.78, 5) is 47.5. The number of ether oxygens (including phenoxy) is 1. The zero-order chi connectivity index (χ0) is 46.1. The van der Waals surface area contributed by atoms with Crippen LogP contribution >= 0.6 is 0 Å². The van der Waals surface area contributed by atoms with Crippen molar-refractivity contribution in [3.8, 4) is 22.6 Å².